The molecule has 3 N–H and O–H groups in total. The molecule has 1 aromatic carbocycles. The highest BCUT2D eigenvalue weighted by Gasteiger charge is 2.15. The van der Waals surface area contributed by atoms with E-state index in [-0.39, 0.29) is 12.5 Å². The normalized spacial score (nSPS) is 12.7. The molecule has 90 valence electrons. The van der Waals surface area contributed by atoms with E-state index in [2.05, 4.69) is 10.1 Å². The zero-order valence-electron chi connectivity index (χ0n) is 8.60. The first-order valence-corrected chi connectivity index (χ1v) is 5.52. The quantitative estimate of drug-likeness (QED) is 0.894. The highest BCUT2D eigenvalue weighted by Crippen LogP contribution is 2.25. The third kappa shape index (κ3) is 2.76. The second-order valence-corrected chi connectivity index (χ2v) is 4.28. The summed E-state index contributed by atoms with van der Waals surface area (Å²) in [4.78, 5) is 4.05. The van der Waals surface area contributed by atoms with E-state index in [1.807, 2.05) is 0 Å². The lowest BCUT2D eigenvalue weighted by Gasteiger charge is -1.99. The highest BCUT2D eigenvalue weighted by atomic mass is 35.5. The molecule has 0 unspecified atom stereocenters. The zero-order chi connectivity index (χ0) is 12.4. The van der Waals surface area contributed by atoms with Gasteiger partial charge in [0.2, 0.25) is 11.7 Å². The van der Waals surface area contributed by atoms with Crippen LogP contribution in [-0.2, 0) is 0 Å². The molecule has 0 spiro atoms. The summed E-state index contributed by atoms with van der Waals surface area (Å²) >= 11 is 11.7. The van der Waals surface area contributed by atoms with Crippen LogP contribution < -0.4 is 5.73 Å². The largest absolute Gasteiger partial charge is 0.394 e. The summed E-state index contributed by atoms with van der Waals surface area (Å²) in [7, 11) is 0. The second-order valence-electron chi connectivity index (χ2n) is 3.40. The van der Waals surface area contributed by atoms with Crippen molar-refractivity contribution in [3.63, 3.8) is 0 Å². The van der Waals surface area contributed by atoms with Gasteiger partial charge in [-0.3, -0.25) is 0 Å². The molecule has 5 nitrogen and oxygen atoms in total. The number of hydrogen-bond donors (Lipinski definition) is 2. The number of aliphatic hydroxyl groups is 1. The Labute approximate surface area is 107 Å². The molecule has 0 aliphatic rings. The molecular formula is C10H9Cl2N3O2. The Hall–Kier alpha value is -1.14. The fourth-order valence-corrected chi connectivity index (χ4v) is 1.79. The summed E-state index contributed by atoms with van der Waals surface area (Å²) in [5.41, 5.74) is 6.17. The van der Waals surface area contributed by atoms with Crippen LogP contribution in [-0.4, -0.2) is 21.9 Å². The third-order valence-electron chi connectivity index (χ3n) is 2.08. The molecule has 1 atom stereocenters. The fourth-order valence-electron chi connectivity index (χ4n) is 1.26. The van der Waals surface area contributed by atoms with Gasteiger partial charge in [-0.25, -0.2) is 0 Å². The number of rotatable bonds is 3. The number of hydrogen-bond acceptors (Lipinski definition) is 5. The van der Waals surface area contributed by atoms with Gasteiger partial charge in [-0.05, 0) is 18.2 Å². The predicted octanol–water partition coefficient (Wildman–Crippen LogP) is 2.04. The predicted molar refractivity (Wildman–Crippen MR) is 63.8 cm³/mol. The van der Waals surface area contributed by atoms with Crippen LogP contribution in [0.1, 0.15) is 11.9 Å². The molecule has 1 heterocycles. The Morgan fingerprint density at radius 1 is 1.29 bits per heavy atom. The smallest absolute Gasteiger partial charge is 0.246 e. The van der Waals surface area contributed by atoms with Gasteiger partial charge in [0, 0.05) is 15.6 Å². The first-order chi connectivity index (χ1) is 8.10. The van der Waals surface area contributed by atoms with E-state index in [1.165, 1.54) is 0 Å². The number of aromatic nitrogens is 2. The SMILES string of the molecule is N[C@H](CO)c1nc(-c2cc(Cl)cc(Cl)c2)no1. The summed E-state index contributed by atoms with van der Waals surface area (Å²) in [6.07, 6.45) is 0. The maximum absolute atomic E-state index is 8.86. The van der Waals surface area contributed by atoms with Crippen molar-refractivity contribution in [2.75, 3.05) is 6.61 Å². The summed E-state index contributed by atoms with van der Waals surface area (Å²) in [5, 5.41) is 13.6. The molecule has 0 aliphatic heterocycles. The van der Waals surface area contributed by atoms with Crippen molar-refractivity contribution in [2.24, 2.45) is 5.73 Å². The van der Waals surface area contributed by atoms with Gasteiger partial charge in [0.05, 0.1) is 6.61 Å². The molecule has 0 amide bonds. The van der Waals surface area contributed by atoms with E-state index in [1.54, 1.807) is 18.2 Å². The monoisotopic (exact) mass is 273 g/mol. The maximum Gasteiger partial charge on any atom is 0.246 e. The van der Waals surface area contributed by atoms with Crippen molar-refractivity contribution < 1.29 is 9.63 Å². The minimum atomic E-state index is -0.689. The van der Waals surface area contributed by atoms with Crippen molar-refractivity contribution in [2.45, 2.75) is 6.04 Å². The molecule has 0 fully saturated rings. The van der Waals surface area contributed by atoms with E-state index < -0.39 is 6.04 Å². The van der Waals surface area contributed by atoms with Crippen molar-refractivity contribution in [1.29, 1.82) is 0 Å². The van der Waals surface area contributed by atoms with E-state index >= 15 is 0 Å². The number of benzene rings is 1. The van der Waals surface area contributed by atoms with Crippen LogP contribution in [0.25, 0.3) is 11.4 Å². The van der Waals surface area contributed by atoms with Crippen molar-refractivity contribution in [3.05, 3.63) is 34.1 Å². The molecule has 0 aliphatic carbocycles. The number of nitrogens with zero attached hydrogens (tertiary/aromatic N) is 2. The van der Waals surface area contributed by atoms with Crippen LogP contribution in [0.15, 0.2) is 22.7 Å². The molecule has 7 heteroatoms. The lowest BCUT2D eigenvalue weighted by atomic mass is 10.2. The Morgan fingerprint density at radius 2 is 1.94 bits per heavy atom. The second kappa shape index (κ2) is 5.01. The molecule has 0 saturated heterocycles. The van der Waals surface area contributed by atoms with E-state index in [0.717, 1.165) is 0 Å². The van der Waals surface area contributed by atoms with Gasteiger partial charge >= 0.3 is 0 Å². The van der Waals surface area contributed by atoms with Gasteiger partial charge < -0.3 is 15.4 Å². The Morgan fingerprint density at radius 3 is 2.53 bits per heavy atom. The lowest BCUT2D eigenvalue weighted by Crippen LogP contribution is -2.14. The number of nitrogens with two attached hydrogens (primary N) is 1. The molecule has 2 aromatic rings. The molecule has 0 saturated carbocycles. The van der Waals surface area contributed by atoms with E-state index in [0.29, 0.717) is 21.4 Å². The fraction of sp³-hybridized carbons (Fsp3) is 0.200. The van der Waals surface area contributed by atoms with Gasteiger partial charge in [0.15, 0.2) is 0 Å². The standard InChI is InChI=1S/C10H9Cl2N3O2/c11-6-1-5(2-7(12)3-6)9-14-10(17-15-9)8(13)4-16/h1-3,8,16H,4,13H2/t8-/m1/s1. The summed E-state index contributed by atoms with van der Waals surface area (Å²) < 4.78 is 4.92. The molecule has 1 aromatic heterocycles. The van der Waals surface area contributed by atoms with Crippen molar-refractivity contribution >= 4 is 23.2 Å². The average molecular weight is 274 g/mol. The van der Waals surface area contributed by atoms with Gasteiger partial charge in [0.1, 0.15) is 6.04 Å². The molecule has 0 radical (unpaired) electrons. The Bertz CT molecular complexity index is 510. The van der Waals surface area contributed by atoms with Crippen molar-refractivity contribution in [1.82, 2.24) is 10.1 Å². The first-order valence-electron chi connectivity index (χ1n) is 4.76. The minimum absolute atomic E-state index is 0.165. The first kappa shape index (κ1) is 12.3. The number of aliphatic hydroxyl groups excluding tert-OH is 1. The van der Waals surface area contributed by atoms with Crippen LogP contribution in [0, 0.1) is 0 Å². The van der Waals surface area contributed by atoms with Crippen LogP contribution in [0.2, 0.25) is 10.0 Å². The minimum Gasteiger partial charge on any atom is -0.394 e. The van der Waals surface area contributed by atoms with Crippen LogP contribution in [0.3, 0.4) is 0 Å². The summed E-state index contributed by atoms with van der Waals surface area (Å²) in [6, 6.07) is 4.23. The maximum atomic E-state index is 8.86. The molecule has 2 rings (SSSR count). The van der Waals surface area contributed by atoms with E-state index in [9.17, 15) is 0 Å². The van der Waals surface area contributed by atoms with Crippen LogP contribution >= 0.6 is 23.2 Å². The van der Waals surface area contributed by atoms with Crippen molar-refractivity contribution in [3.8, 4) is 11.4 Å². The Kier molecular flexibility index (Phi) is 3.63. The van der Waals surface area contributed by atoms with Crippen LogP contribution in [0.5, 0.6) is 0 Å². The average Bonchev–Trinajstić information content (AvgIpc) is 2.76. The van der Waals surface area contributed by atoms with Gasteiger partial charge in [-0.15, -0.1) is 0 Å². The topological polar surface area (TPSA) is 85.2 Å². The van der Waals surface area contributed by atoms with Gasteiger partial charge in [0.25, 0.3) is 0 Å². The molecule has 0 bridgehead atoms. The van der Waals surface area contributed by atoms with Gasteiger partial charge in [-0.1, -0.05) is 28.4 Å². The summed E-state index contributed by atoms with van der Waals surface area (Å²) in [5.74, 6) is 0.492. The van der Waals surface area contributed by atoms with E-state index in [4.69, 9.17) is 38.6 Å². The molecular weight excluding hydrogens is 265 g/mol. The Balaban J connectivity index is 2.36. The zero-order valence-corrected chi connectivity index (χ0v) is 10.1. The summed E-state index contributed by atoms with van der Waals surface area (Å²) in [6.45, 7) is -0.266. The highest BCUT2D eigenvalue weighted by molar-refractivity contribution is 6.35. The third-order valence-corrected chi connectivity index (χ3v) is 2.51. The number of halogens is 2. The van der Waals surface area contributed by atoms with Gasteiger partial charge in [-0.2, -0.15) is 4.98 Å². The van der Waals surface area contributed by atoms with Crippen LogP contribution in [0.4, 0.5) is 0 Å². The lowest BCUT2D eigenvalue weighted by molar-refractivity contribution is 0.237. The molecule has 17 heavy (non-hydrogen) atoms.